The van der Waals surface area contributed by atoms with Crippen LogP contribution in [0.2, 0.25) is 0 Å². The molecule has 0 saturated carbocycles. The summed E-state index contributed by atoms with van der Waals surface area (Å²) in [5.41, 5.74) is 23.1. The number of furan rings is 1. The molecular weight excluding hydrogens is 270 g/mol. The number of benzene rings is 1. The smallest absolute Gasteiger partial charge is 0.0985 e. The maximum absolute atomic E-state index is 9.25. The van der Waals surface area contributed by atoms with Crippen LogP contribution in [-0.4, -0.2) is 23.4 Å². The summed E-state index contributed by atoms with van der Waals surface area (Å²) in [6.45, 7) is 0.265. The van der Waals surface area contributed by atoms with E-state index in [1.54, 1.807) is 18.6 Å². The van der Waals surface area contributed by atoms with Gasteiger partial charge in [0.1, 0.15) is 0 Å². The Kier molecular flexibility index (Phi) is 4.85. The SMILES string of the molecule is NCc1cocc1-c1cc(N)c(CCO)c(CCO)c1N. The molecule has 0 amide bonds. The number of anilines is 2. The zero-order chi connectivity index (χ0) is 15.4. The highest BCUT2D eigenvalue weighted by Crippen LogP contribution is 2.37. The molecule has 0 aliphatic carbocycles. The van der Waals surface area contributed by atoms with Crippen molar-refractivity contribution in [2.24, 2.45) is 5.73 Å². The van der Waals surface area contributed by atoms with E-state index in [4.69, 9.17) is 21.6 Å². The van der Waals surface area contributed by atoms with Crippen molar-refractivity contribution in [2.45, 2.75) is 19.4 Å². The molecule has 0 atom stereocenters. The lowest BCUT2D eigenvalue weighted by Crippen LogP contribution is -2.10. The average molecular weight is 291 g/mol. The number of rotatable bonds is 6. The van der Waals surface area contributed by atoms with Crippen molar-refractivity contribution in [3.05, 3.63) is 35.3 Å². The van der Waals surface area contributed by atoms with E-state index >= 15 is 0 Å². The van der Waals surface area contributed by atoms with Crippen LogP contribution in [0.4, 0.5) is 11.4 Å². The first kappa shape index (κ1) is 15.4. The molecule has 0 radical (unpaired) electrons. The number of nitrogens with two attached hydrogens (primary N) is 3. The predicted octanol–water partition coefficient (Wildman–Crippen LogP) is 0.639. The molecule has 1 heterocycles. The van der Waals surface area contributed by atoms with Crippen LogP contribution in [0.5, 0.6) is 0 Å². The quantitative estimate of drug-likeness (QED) is 0.496. The van der Waals surface area contributed by atoms with Gasteiger partial charge in [0.2, 0.25) is 0 Å². The summed E-state index contributed by atoms with van der Waals surface area (Å²) in [5.74, 6) is 0. The van der Waals surface area contributed by atoms with Gasteiger partial charge in [0.15, 0.2) is 0 Å². The van der Waals surface area contributed by atoms with Crippen molar-refractivity contribution in [1.82, 2.24) is 0 Å². The second-order valence-corrected chi connectivity index (χ2v) is 4.85. The molecule has 2 aromatic rings. The van der Waals surface area contributed by atoms with Gasteiger partial charge in [-0.15, -0.1) is 0 Å². The van der Waals surface area contributed by atoms with Gasteiger partial charge >= 0.3 is 0 Å². The molecule has 8 N–H and O–H groups in total. The minimum absolute atomic E-state index is 0.0266. The van der Waals surface area contributed by atoms with Crippen LogP contribution in [0, 0.1) is 0 Å². The standard InChI is InChI=1S/C15H21N3O3/c16-6-9-7-21-8-13(9)12-5-14(17)10(1-3-19)11(2-4-20)15(12)18/h5,7-8,19-20H,1-4,6,16-18H2. The second-order valence-electron chi connectivity index (χ2n) is 4.85. The van der Waals surface area contributed by atoms with Crippen LogP contribution in [0.15, 0.2) is 23.0 Å². The van der Waals surface area contributed by atoms with Crippen LogP contribution >= 0.6 is 0 Å². The maximum Gasteiger partial charge on any atom is 0.0985 e. The van der Waals surface area contributed by atoms with Crippen molar-refractivity contribution in [2.75, 3.05) is 24.7 Å². The molecule has 0 fully saturated rings. The maximum atomic E-state index is 9.25. The molecule has 1 aromatic heterocycles. The van der Waals surface area contributed by atoms with E-state index < -0.39 is 0 Å². The Bertz CT molecular complexity index is 623. The van der Waals surface area contributed by atoms with Crippen LogP contribution in [0.1, 0.15) is 16.7 Å². The Morgan fingerprint density at radius 2 is 1.62 bits per heavy atom. The second kappa shape index (κ2) is 6.62. The lowest BCUT2D eigenvalue weighted by Gasteiger charge is -2.18. The third-order valence-corrected chi connectivity index (χ3v) is 3.60. The fourth-order valence-corrected chi connectivity index (χ4v) is 2.56. The van der Waals surface area contributed by atoms with Crippen LogP contribution in [0.3, 0.4) is 0 Å². The molecule has 114 valence electrons. The molecule has 0 aliphatic heterocycles. The van der Waals surface area contributed by atoms with E-state index in [0.29, 0.717) is 30.8 Å². The first-order chi connectivity index (χ1) is 10.1. The van der Waals surface area contributed by atoms with E-state index in [-0.39, 0.29) is 13.2 Å². The van der Waals surface area contributed by atoms with Gasteiger partial charge < -0.3 is 31.8 Å². The lowest BCUT2D eigenvalue weighted by molar-refractivity contribution is 0.293. The summed E-state index contributed by atoms with van der Waals surface area (Å²) in [4.78, 5) is 0. The summed E-state index contributed by atoms with van der Waals surface area (Å²) in [5, 5.41) is 18.4. The average Bonchev–Trinajstić information content (AvgIpc) is 2.94. The summed E-state index contributed by atoms with van der Waals surface area (Å²) in [7, 11) is 0. The molecule has 6 heteroatoms. The number of hydrogen-bond acceptors (Lipinski definition) is 6. The van der Waals surface area contributed by atoms with E-state index in [0.717, 1.165) is 27.8 Å². The van der Waals surface area contributed by atoms with Gasteiger partial charge in [-0.05, 0) is 30.0 Å². The van der Waals surface area contributed by atoms with Crippen molar-refractivity contribution >= 4 is 11.4 Å². The van der Waals surface area contributed by atoms with Crippen molar-refractivity contribution in [3.8, 4) is 11.1 Å². The third-order valence-electron chi connectivity index (χ3n) is 3.60. The first-order valence-corrected chi connectivity index (χ1v) is 6.80. The fraction of sp³-hybridized carbons (Fsp3) is 0.333. The van der Waals surface area contributed by atoms with Gasteiger partial charge in [0.05, 0.1) is 12.5 Å². The largest absolute Gasteiger partial charge is 0.472 e. The Morgan fingerprint density at radius 3 is 2.24 bits per heavy atom. The number of nitrogen functional groups attached to an aromatic ring is 2. The minimum Gasteiger partial charge on any atom is -0.472 e. The van der Waals surface area contributed by atoms with Gasteiger partial charge in [0, 0.05) is 47.8 Å². The first-order valence-electron chi connectivity index (χ1n) is 6.80. The van der Waals surface area contributed by atoms with E-state index in [2.05, 4.69) is 0 Å². The Labute approximate surface area is 123 Å². The summed E-state index contributed by atoms with van der Waals surface area (Å²) in [6, 6.07) is 1.77. The van der Waals surface area contributed by atoms with Crippen LogP contribution in [-0.2, 0) is 19.4 Å². The molecule has 2 rings (SSSR count). The molecule has 0 aliphatic rings. The molecule has 0 saturated heterocycles. The number of aliphatic hydroxyl groups excluding tert-OH is 2. The van der Waals surface area contributed by atoms with Gasteiger partial charge in [-0.1, -0.05) is 0 Å². The highest BCUT2D eigenvalue weighted by molar-refractivity contribution is 5.84. The fourth-order valence-electron chi connectivity index (χ4n) is 2.56. The van der Waals surface area contributed by atoms with Gasteiger partial charge in [-0.3, -0.25) is 0 Å². The van der Waals surface area contributed by atoms with Crippen LogP contribution in [0.25, 0.3) is 11.1 Å². The van der Waals surface area contributed by atoms with Gasteiger partial charge in [-0.25, -0.2) is 0 Å². The van der Waals surface area contributed by atoms with E-state index in [9.17, 15) is 10.2 Å². The molecule has 0 unspecified atom stereocenters. The normalized spacial score (nSPS) is 11.0. The van der Waals surface area contributed by atoms with Crippen molar-refractivity contribution in [1.29, 1.82) is 0 Å². The molecule has 0 spiro atoms. The predicted molar refractivity (Wildman–Crippen MR) is 82.4 cm³/mol. The topological polar surface area (TPSA) is 132 Å². The minimum atomic E-state index is -0.0410. The number of hydrogen-bond donors (Lipinski definition) is 5. The Hall–Kier alpha value is -2.02. The molecule has 21 heavy (non-hydrogen) atoms. The monoisotopic (exact) mass is 291 g/mol. The van der Waals surface area contributed by atoms with E-state index in [1.165, 1.54) is 0 Å². The molecule has 6 nitrogen and oxygen atoms in total. The zero-order valence-corrected chi connectivity index (χ0v) is 11.8. The zero-order valence-electron chi connectivity index (χ0n) is 11.8. The summed E-state index contributed by atoms with van der Waals surface area (Å²) in [6.07, 6.45) is 3.95. The van der Waals surface area contributed by atoms with Gasteiger partial charge in [-0.2, -0.15) is 0 Å². The Morgan fingerprint density at radius 1 is 0.952 bits per heavy atom. The van der Waals surface area contributed by atoms with Crippen LogP contribution < -0.4 is 17.2 Å². The summed E-state index contributed by atoms with van der Waals surface area (Å²) >= 11 is 0. The summed E-state index contributed by atoms with van der Waals surface area (Å²) < 4.78 is 5.20. The number of aliphatic hydroxyl groups is 2. The highest BCUT2D eigenvalue weighted by Gasteiger charge is 2.18. The van der Waals surface area contributed by atoms with E-state index in [1.807, 2.05) is 0 Å². The van der Waals surface area contributed by atoms with Crippen molar-refractivity contribution in [3.63, 3.8) is 0 Å². The molecule has 1 aromatic carbocycles. The highest BCUT2D eigenvalue weighted by atomic mass is 16.3. The van der Waals surface area contributed by atoms with Crippen molar-refractivity contribution < 1.29 is 14.6 Å². The molecule has 0 bridgehead atoms. The molecular formula is C15H21N3O3. The third kappa shape index (κ3) is 2.87. The Balaban J connectivity index is 2.63. The van der Waals surface area contributed by atoms with Gasteiger partial charge in [0.25, 0.3) is 0 Å². The lowest BCUT2D eigenvalue weighted by atomic mass is 9.91.